The second kappa shape index (κ2) is 8.67. The monoisotopic (exact) mass is 516 g/mol. The Bertz CT molecular complexity index is 1410. The van der Waals surface area contributed by atoms with Crippen LogP contribution in [0.3, 0.4) is 0 Å². The lowest BCUT2D eigenvalue weighted by Crippen LogP contribution is -2.45. The fourth-order valence-electron chi connectivity index (χ4n) is 4.81. The Balaban J connectivity index is 1.51. The maximum atomic E-state index is 15.5. The van der Waals surface area contributed by atoms with Gasteiger partial charge in [-0.1, -0.05) is 24.3 Å². The van der Waals surface area contributed by atoms with Crippen LogP contribution in [0, 0.1) is 18.7 Å². The predicted molar refractivity (Wildman–Crippen MR) is 134 cm³/mol. The van der Waals surface area contributed by atoms with Gasteiger partial charge in [0.1, 0.15) is 35.6 Å². The second-order valence-corrected chi connectivity index (χ2v) is 12.9. The average Bonchev–Trinajstić information content (AvgIpc) is 3.60. The van der Waals surface area contributed by atoms with Crippen LogP contribution in [0.15, 0.2) is 42.6 Å². The van der Waals surface area contributed by atoms with Gasteiger partial charge in [-0.2, -0.15) is 8.78 Å². The topological polar surface area (TPSA) is 88.0 Å². The lowest BCUT2D eigenvalue weighted by molar-refractivity contribution is -0.191. The van der Waals surface area contributed by atoms with Gasteiger partial charge in [-0.15, -0.1) is 0 Å². The molecule has 36 heavy (non-hydrogen) atoms. The SMILES string of the molecule is Cc1nc(N[C@H](C)c2cccc(C(F)(F)C(C)(O)C3CC3)c2F)c2cc(P3(=O)CC=CC3)ncc2n1. The average molecular weight is 517 g/mol. The van der Waals surface area contributed by atoms with Gasteiger partial charge < -0.3 is 15.0 Å². The Kier molecular flexibility index (Phi) is 5.99. The molecule has 0 saturated heterocycles. The zero-order valence-electron chi connectivity index (χ0n) is 20.3. The van der Waals surface area contributed by atoms with Crippen molar-refractivity contribution in [1.29, 1.82) is 0 Å². The van der Waals surface area contributed by atoms with E-state index >= 15 is 13.2 Å². The molecule has 1 saturated carbocycles. The number of hydrogen-bond acceptors (Lipinski definition) is 6. The summed E-state index contributed by atoms with van der Waals surface area (Å²) in [5.74, 6) is -4.57. The first-order valence-corrected chi connectivity index (χ1v) is 14.1. The number of rotatable bonds is 7. The molecule has 190 valence electrons. The summed E-state index contributed by atoms with van der Waals surface area (Å²) in [5.41, 5.74) is -2.14. The van der Waals surface area contributed by atoms with Crippen LogP contribution in [0.5, 0.6) is 0 Å². The Morgan fingerprint density at radius 3 is 2.56 bits per heavy atom. The van der Waals surface area contributed by atoms with E-state index < -0.39 is 42.0 Å². The molecule has 3 aromatic rings. The summed E-state index contributed by atoms with van der Waals surface area (Å²) in [5, 5.41) is 14.2. The van der Waals surface area contributed by atoms with Crippen LogP contribution in [0.4, 0.5) is 19.0 Å². The smallest absolute Gasteiger partial charge is 0.304 e. The minimum Gasteiger partial charge on any atom is -0.383 e. The van der Waals surface area contributed by atoms with E-state index in [2.05, 4.69) is 20.3 Å². The number of alkyl halides is 2. The van der Waals surface area contributed by atoms with Crippen molar-refractivity contribution >= 4 is 29.3 Å². The number of aliphatic hydroxyl groups is 1. The lowest BCUT2D eigenvalue weighted by atomic mass is 9.86. The molecule has 5 rings (SSSR count). The molecule has 6 nitrogen and oxygen atoms in total. The summed E-state index contributed by atoms with van der Waals surface area (Å²) >= 11 is 0. The summed E-state index contributed by atoms with van der Waals surface area (Å²) in [6.07, 6.45) is 7.17. The standard InChI is InChI=1S/C26H28F3N4O2P/c1-15(18-7-6-8-20(23(18)27)26(28,29)25(3,34)17-9-10-17)31-24-19-13-22(36(35)11-4-5-12-36)30-14-21(19)32-16(2)33-24/h4-8,13-15,17,34H,9-12H2,1-3H3,(H,31,32,33)/t15-,25?/m1/s1. The fraction of sp³-hybridized carbons (Fsp3) is 0.423. The summed E-state index contributed by atoms with van der Waals surface area (Å²) in [6, 6.07) is 4.78. The molecule has 1 fully saturated rings. The predicted octanol–water partition coefficient (Wildman–Crippen LogP) is 5.46. The third-order valence-electron chi connectivity index (χ3n) is 7.26. The number of nitrogens with zero attached hydrogens (tertiary/aromatic N) is 3. The molecule has 2 aromatic heterocycles. The van der Waals surface area contributed by atoms with Crippen molar-refractivity contribution in [2.45, 2.75) is 51.2 Å². The summed E-state index contributed by atoms with van der Waals surface area (Å²) in [6.45, 7) is 4.42. The number of fused-ring (bicyclic) bond motifs is 1. The number of aromatic nitrogens is 3. The molecule has 0 bridgehead atoms. The van der Waals surface area contributed by atoms with Crippen molar-refractivity contribution in [1.82, 2.24) is 15.0 Å². The Labute approximate surface area is 207 Å². The van der Waals surface area contributed by atoms with E-state index in [1.165, 1.54) is 12.1 Å². The van der Waals surface area contributed by atoms with Crippen molar-refractivity contribution in [3.8, 4) is 0 Å². The number of halogens is 3. The minimum absolute atomic E-state index is 0.0188. The van der Waals surface area contributed by atoms with Crippen LogP contribution in [0.1, 0.15) is 49.7 Å². The molecule has 1 aliphatic heterocycles. The molecular weight excluding hydrogens is 488 g/mol. The van der Waals surface area contributed by atoms with Gasteiger partial charge in [0.2, 0.25) is 0 Å². The lowest BCUT2D eigenvalue weighted by Gasteiger charge is -2.34. The molecule has 1 aromatic carbocycles. The van der Waals surface area contributed by atoms with Crippen molar-refractivity contribution in [3.63, 3.8) is 0 Å². The van der Waals surface area contributed by atoms with Crippen molar-refractivity contribution in [2.75, 3.05) is 17.6 Å². The quantitative estimate of drug-likeness (QED) is 0.321. The van der Waals surface area contributed by atoms with Crippen molar-refractivity contribution in [3.05, 3.63) is 65.4 Å². The molecular formula is C26H28F3N4O2P. The highest BCUT2D eigenvalue weighted by atomic mass is 31.2. The first-order valence-electron chi connectivity index (χ1n) is 12.0. The largest absolute Gasteiger partial charge is 0.383 e. The highest BCUT2D eigenvalue weighted by molar-refractivity contribution is 7.72. The number of pyridine rings is 1. The van der Waals surface area contributed by atoms with Crippen LogP contribution in [0.2, 0.25) is 0 Å². The van der Waals surface area contributed by atoms with Gasteiger partial charge in [0.05, 0.1) is 23.3 Å². The molecule has 2 N–H and O–H groups in total. The van der Waals surface area contributed by atoms with Gasteiger partial charge >= 0.3 is 5.92 Å². The van der Waals surface area contributed by atoms with Gasteiger partial charge in [0, 0.05) is 23.3 Å². The van der Waals surface area contributed by atoms with Gasteiger partial charge in [-0.25, -0.2) is 14.4 Å². The third kappa shape index (κ3) is 4.12. The maximum Gasteiger partial charge on any atom is 0.304 e. The second-order valence-electron chi connectivity index (χ2n) is 9.98. The molecule has 1 unspecified atom stereocenters. The van der Waals surface area contributed by atoms with Crippen LogP contribution in [-0.2, 0) is 10.5 Å². The van der Waals surface area contributed by atoms with Crippen LogP contribution in [-0.4, -0.2) is 38.0 Å². The molecule has 3 heterocycles. The highest BCUT2D eigenvalue weighted by Gasteiger charge is 2.59. The van der Waals surface area contributed by atoms with E-state index in [4.69, 9.17) is 0 Å². The van der Waals surface area contributed by atoms with Gasteiger partial charge in [0.15, 0.2) is 0 Å². The Hall–Kier alpha value is -2.77. The first-order chi connectivity index (χ1) is 16.9. The van der Waals surface area contributed by atoms with Crippen molar-refractivity contribution < 1.29 is 22.8 Å². The molecule has 10 heteroatoms. The van der Waals surface area contributed by atoms with E-state index in [9.17, 15) is 9.67 Å². The van der Waals surface area contributed by atoms with Gasteiger partial charge in [-0.3, -0.25) is 4.98 Å². The zero-order valence-corrected chi connectivity index (χ0v) is 21.2. The van der Waals surface area contributed by atoms with Gasteiger partial charge in [0.25, 0.3) is 0 Å². The van der Waals surface area contributed by atoms with Crippen LogP contribution in [0.25, 0.3) is 10.9 Å². The van der Waals surface area contributed by atoms with E-state index in [1.54, 1.807) is 26.1 Å². The summed E-state index contributed by atoms with van der Waals surface area (Å²) < 4.78 is 59.3. The number of anilines is 1. The summed E-state index contributed by atoms with van der Waals surface area (Å²) in [7, 11) is -2.68. The zero-order chi connectivity index (χ0) is 25.9. The molecule has 0 spiro atoms. The van der Waals surface area contributed by atoms with E-state index in [-0.39, 0.29) is 5.56 Å². The molecule has 1 aliphatic carbocycles. The van der Waals surface area contributed by atoms with E-state index in [1.807, 2.05) is 12.2 Å². The Morgan fingerprint density at radius 2 is 1.89 bits per heavy atom. The number of aryl methyl sites for hydroxylation is 1. The number of benzene rings is 1. The minimum atomic E-state index is -3.76. The number of hydrogen-bond donors (Lipinski definition) is 2. The summed E-state index contributed by atoms with van der Waals surface area (Å²) in [4.78, 5) is 13.3. The first kappa shape index (κ1) is 24.9. The highest BCUT2D eigenvalue weighted by Crippen LogP contribution is 2.52. The number of nitrogens with one attached hydrogen (secondary N) is 1. The van der Waals surface area contributed by atoms with E-state index in [0.29, 0.717) is 53.1 Å². The third-order valence-corrected chi connectivity index (χ3v) is 9.94. The number of allylic oxidation sites excluding steroid dienone is 2. The maximum absolute atomic E-state index is 15.5. The molecule has 2 atom stereocenters. The van der Waals surface area contributed by atoms with E-state index in [0.717, 1.165) is 13.0 Å². The molecule has 0 radical (unpaired) electrons. The van der Waals surface area contributed by atoms with Crippen LogP contribution >= 0.6 is 7.14 Å². The normalized spacial score (nSPS) is 19.9. The Morgan fingerprint density at radius 1 is 1.19 bits per heavy atom. The van der Waals surface area contributed by atoms with Gasteiger partial charge in [-0.05, 0) is 51.7 Å². The fourth-order valence-corrected chi connectivity index (χ4v) is 6.94. The van der Waals surface area contributed by atoms with Crippen molar-refractivity contribution in [2.24, 2.45) is 5.92 Å². The molecule has 0 amide bonds. The van der Waals surface area contributed by atoms with Crippen LogP contribution < -0.4 is 10.8 Å². The molecule has 2 aliphatic rings.